The van der Waals surface area contributed by atoms with E-state index in [0.717, 1.165) is 11.3 Å². The first-order valence-corrected chi connectivity index (χ1v) is 6.10. The zero-order valence-corrected chi connectivity index (χ0v) is 8.73. The predicted octanol–water partition coefficient (Wildman–Crippen LogP) is 0.407. The van der Waals surface area contributed by atoms with Crippen molar-refractivity contribution in [1.82, 2.24) is 4.72 Å². The first-order valence-electron chi connectivity index (χ1n) is 3.73. The lowest BCUT2D eigenvalue weighted by Crippen LogP contribution is -2.30. The number of nitrogens with one attached hydrogen (secondary N) is 1. The summed E-state index contributed by atoms with van der Waals surface area (Å²) in [6.07, 6.45) is -0.672. The van der Waals surface area contributed by atoms with Crippen LogP contribution in [-0.4, -0.2) is 26.2 Å². The minimum Gasteiger partial charge on any atom is -0.392 e. The highest BCUT2D eigenvalue weighted by atomic mass is 32.2. The van der Waals surface area contributed by atoms with Crippen LogP contribution in [0.3, 0.4) is 0 Å². The Morgan fingerprint density at radius 3 is 2.85 bits per heavy atom. The molecular weight excluding hydrogens is 210 g/mol. The molecule has 1 aromatic rings. The van der Waals surface area contributed by atoms with E-state index in [0.29, 0.717) is 0 Å². The Balaban J connectivity index is 2.68. The molecule has 0 aromatic carbocycles. The van der Waals surface area contributed by atoms with Gasteiger partial charge >= 0.3 is 0 Å². The molecule has 0 spiro atoms. The molecule has 0 fully saturated rings. The topological polar surface area (TPSA) is 66.4 Å². The van der Waals surface area contributed by atoms with Crippen molar-refractivity contribution >= 4 is 21.4 Å². The highest BCUT2D eigenvalue weighted by Crippen LogP contribution is 2.14. The van der Waals surface area contributed by atoms with Crippen LogP contribution >= 0.6 is 11.3 Å². The van der Waals surface area contributed by atoms with Gasteiger partial charge in [-0.25, -0.2) is 13.1 Å². The average Bonchev–Trinajstić information content (AvgIpc) is 2.53. The summed E-state index contributed by atoms with van der Waals surface area (Å²) >= 11 is 1.15. The maximum absolute atomic E-state index is 11.4. The van der Waals surface area contributed by atoms with E-state index < -0.39 is 16.1 Å². The fourth-order valence-corrected chi connectivity index (χ4v) is 2.88. The van der Waals surface area contributed by atoms with Crippen LogP contribution in [0.2, 0.25) is 0 Å². The van der Waals surface area contributed by atoms with Crippen molar-refractivity contribution in [2.45, 2.75) is 17.2 Å². The molecule has 1 atom stereocenters. The third kappa shape index (κ3) is 3.07. The first-order chi connectivity index (χ1) is 6.02. The minimum absolute atomic E-state index is 0.0419. The summed E-state index contributed by atoms with van der Waals surface area (Å²) < 4.78 is 25.3. The highest BCUT2D eigenvalue weighted by molar-refractivity contribution is 7.91. The van der Waals surface area contributed by atoms with Crippen LogP contribution in [0.15, 0.2) is 21.7 Å². The maximum Gasteiger partial charge on any atom is 0.250 e. The van der Waals surface area contributed by atoms with Crippen molar-refractivity contribution in [2.75, 3.05) is 6.54 Å². The summed E-state index contributed by atoms with van der Waals surface area (Å²) in [5.74, 6) is 0. The molecular formula is C7H11NO3S2. The van der Waals surface area contributed by atoms with Gasteiger partial charge in [-0.05, 0) is 18.4 Å². The summed E-state index contributed by atoms with van der Waals surface area (Å²) in [7, 11) is -3.40. The number of hydrogen-bond donors (Lipinski definition) is 2. The van der Waals surface area contributed by atoms with Crippen molar-refractivity contribution in [1.29, 1.82) is 0 Å². The van der Waals surface area contributed by atoms with Gasteiger partial charge in [0.05, 0.1) is 6.10 Å². The summed E-state index contributed by atoms with van der Waals surface area (Å²) in [4.78, 5) is 0. The van der Waals surface area contributed by atoms with Crippen molar-refractivity contribution in [2.24, 2.45) is 0 Å². The highest BCUT2D eigenvalue weighted by Gasteiger charge is 2.14. The fraction of sp³-hybridized carbons (Fsp3) is 0.429. The van der Waals surface area contributed by atoms with Gasteiger partial charge in [0, 0.05) is 6.54 Å². The second-order valence-electron chi connectivity index (χ2n) is 2.63. The van der Waals surface area contributed by atoms with E-state index >= 15 is 0 Å². The molecule has 6 heteroatoms. The zero-order valence-electron chi connectivity index (χ0n) is 7.10. The van der Waals surface area contributed by atoms with Crippen LogP contribution in [0.5, 0.6) is 0 Å². The van der Waals surface area contributed by atoms with Crippen molar-refractivity contribution < 1.29 is 13.5 Å². The van der Waals surface area contributed by atoms with E-state index in [4.69, 9.17) is 5.11 Å². The normalized spacial score (nSPS) is 14.3. The lowest BCUT2D eigenvalue weighted by molar-refractivity contribution is 0.198. The number of aliphatic hydroxyl groups is 1. The number of sulfonamides is 1. The van der Waals surface area contributed by atoms with Gasteiger partial charge in [-0.1, -0.05) is 6.07 Å². The first kappa shape index (κ1) is 10.6. The molecule has 0 radical (unpaired) electrons. The van der Waals surface area contributed by atoms with Gasteiger partial charge in [-0.2, -0.15) is 0 Å². The summed E-state index contributed by atoms with van der Waals surface area (Å²) in [5, 5.41) is 10.6. The SMILES string of the molecule is C[C@H](O)CNS(=O)(=O)c1cccs1. The van der Waals surface area contributed by atoms with Crippen molar-refractivity contribution in [3.63, 3.8) is 0 Å². The molecule has 0 amide bonds. The molecule has 0 aliphatic carbocycles. The molecule has 1 heterocycles. The van der Waals surface area contributed by atoms with Gasteiger partial charge in [0.2, 0.25) is 10.0 Å². The smallest absolute Gasteiger partial charge is 0.250 e. The van der Waals surface area contributed by atoms with E-state index in [2.05, 4.69) is 4.72 Å². The standard InChI is InChI=1S/C7H11NO3S2/c1-6(9)5-8-13(10,11)7-3-2-4-12-7/h2-4,6,8-9H,5H2,1H3/t6-/m0/s1. The van der Waals surface area contributed by atoms with E-state index in [1.165, 1.54) is 13.0 Å². The molecule has 1 rings (SSSR count). The molecule has 1 aromatic heterocycles. The molecule has 0 aliphatic heterocycles. The number of thiophene rings is 1. The minimum atomic E-state index is -3.40. The van der Waals surface area contributed by atoms with Crippen LogP contribution in [0.1, 0.15) is 6.92 Å². The van der Waals surface area contributed by atoms with Crippen LogP contribution in [0, 0.1) is 0 Å². The summed E-state index contributed by atoms with van der Waals surface area (Å²) in [5.41, 5.74) is 0. The Labute approximate surface area is 81.3 Å². The van der Waals surface area contributed by atoms with Crippen molar-refractivity contribution in [3.8, 4) is 0 Å². The molecule has 0 saturated heterocycles. The van der Waals surface area contributed by atoms with Gasteiger partial charge < -0.3 is 5.11 Å². The Morgan fingerprint density at radius 2 is 2.38 bits per heavy atom. The van der Waals surface area contributed by atoms with Crippen LogP contribution in [0.4, 0.5) is 0 Å². The third-order valence-electron chi connectivity index (χ3n) is 1.33. The van der Waals surface area contributed by atoms with Crippen molar-refractivity contribution in [3.05, 3.63) is 17.5 Å². The number of rotatable bonds is 4. The fourth-order valence-electron chi connectivity index (χ4n) is 0.718. The quantitative estimate of drug-likeness (QED) is 0.773. The van der Waals surface area contributed by atoms with E-state index in [1.807, 2.05) is 0 Å². The van der Waals surface area contributed by atoms with Gasteiger partial charge in [0.25, 0.3) is 0 Å². The Kier molecular flexibility index (Phi) is 3.43. The zero-order chi connectivity index (χ0) is 9.90. The van der Waals surface area contributed by atoms with Gasteiger partial charge in [0.1, 0.15) is 4.21 Å². The Hall–Kier alpha value is -0.430. The molecule has 0 bridgehead atoms. The van der Waals surface area contributed by atoms with E-state index in [1.54, 1.807) is 11.4 Å². The molecule has 0 aliphatic rings. The lowest BCUT2D eigenvalue weighted by Gasteiger charge is -2.05. The average molecular weight is 221 g/mol. The molecule has 74 valence electrons. The largest absolute Gasteiger partial charge is 0.392 e. The van der Waals surface area contributed by atoms with Gasteiger partial charge in [0.15, 0.2) is 0 Å². The molecule has 0 saturated carbocycles. The van der Waals surface area contributed by atoms with Gasteiger partial charge in [-0.15, -0.1) is 11.3 Å². The van der Waals surface area contributed by atoms with Crippen LogP contribution < -0.4 is 4.72 Å². The second kappa shape index (κ2) is 4.19. The summed E-state index contributed by atoms with van der Waals surface area (Å²) in [6.45, 7) is 1.57. The second-order valence-corrected chi connectivity index (χ2v) is 5.57. The van der Waals surface area contributed by atoms with Crippen LogP contribution in [-0.2, 0) is 10.0 Å². The molecule has 4 nitrogen and oxygen atoms in total. The van der Waals surface area contributed by atoms with E-state index in [9.17, 15) is 8.42 Å². The predicted molar refractivity (Wildman–Crippen MR) is 51.2 cm³/mol. The number of aliphatic hydroxyl groups excluding tert-OH is 1. The van der Waals surface area contributed by atoms with Crippen LogP contribution in [0.25, 0.3) is 0 Å². The maximum atomic E-state index is 11.4. The monoisotopic (exact) mass is 221 g/mol. The third-order valence-corrected chi connectivity index (χ3v) is 4.15. The molecule has 0 unspecified atom stereocenters. The van der Waals surface area contributed by atoms with Gasteiger partial charge in [-0.3, -0.25) is 0 Å². The van der Waals surface area contributed by atoms with E-state index in [-0.39, 0.29) is 10.8 Å². The Morgan fingerprint density at radius 1 is 1.69 bits per heavy atom. The summed E-state index contributed by atoms with van der Waals surface area (Å²) in [6, 6.07) is 3.19. The number of hydrogen-bond acceptors (Lipinski definition) is 4. The Bertz CT molecular complexity index is 342. The molecule has 2 N–H and O–H groups in total. The lowest BCUT2D eigenvalue weighted by atomic mass is 10.4. The molecule has 13 heavy (non-hydrogen) atoms.